The van der Waals surface area contributed by atoms with Gasteiger partial charge in [-0.2, -0.15) is 0 Å². The third-order valence-electron chi connectivity index (χ3n) is 2.38. The number of hydrogen-bond acceptors (Lipinski definition) is 3. The summed E-state index contributed by atoms with van der Waals surface area (Å²) in [5.41, 5.74) is 0. The van der Waals surface area contributed by atoms with E-state index in [1.165, 1.54) is 6.42 Å². The maximum absolute atomic E-state index is 5.86. The van der Waals surface area contributed by atoms with Gasteiger partial charge < -0.3 is 9.15 Å². The molecule has 0 saturated carbocycles. The molecule has 1 aliphatic rings. The van der Waals surface area contributed by atoms with Crippen LogP contribution in [0.15, 0.2) is 10.6 Å². The Labute approximate surface area is 88.4 Å². The minimum atomic E-state index is -0.174. The number of ether oxygens (including phenoxy) is 1. The second-order valence-corrected chi connectivity index (χ2v) is 4.23. The van der Waals surface area contributed by atoms with Gasteiger partial charge in [0.25, 0.3) is 0 Å². The molecule has 0 amide bonds. The van der Waals surface area contributed by atoms with Crippen LogP contribution in [0, 0.1) is 0 Å². The SMILES string of the molecule is CC(Cl)c1ncc(C2CCCCO2)o1. The van der Waals surface area contributed by atoms with Gasteiger partial charge in [0.1, 0.15) is 11.5 Å². The van der Waals surface area contributed by atoms with Crippen molar-refractivity contribution in [2.24, 2.45) is 0 Å². The van der Waals surface area contributed by atoms with E-state index in [1.807, 2.05) is 6.92 Å². The van der Waals surface area contributed by atoms with E-state index < -0.39 is 0 Å². The standard InChI is InChI=1S/C10H14ClNO2/c1-7(11)10-12-6-9(14-10)8-4-2-3-5-13-8/h6-8H,2-5H2,1H3. The Hall–Kier alpha value is -0.540. The number of halogens is 1. The van der Waals surface area contributed by atoms with Gasteiger partial charge in [0.05, 0.1) is 6.20 Å². The minimum absolute atomic E-state index is 0.0837. The Morgan fingerprint density at radius 2 is 2.43 bits per heavy atom. The number of rotatable bonds is 2. The van der Waals surface area contributed by atoms with E-state index in [1.54, 1.807) is 6.20 Å². The zero-order valence-electron chi connectivity index (χ0n) is 8.20. The molecule has 2 rings (SSSR count). The Kier molecular flexibility index (Phi) is 3.08. The van der Waals surface area contributed by atoms with Crippen LogP contribution in [0.3, 0.4) is 0 Å². The third-order valence-corrected chi connectivity index (χ3v) is 2.57. The molecular weight excluding hydrogens is 202 g/mol. The first-order chi connectivity index (χ1) is 6.77. The van der Waals surface area contributed by atoms with Crippen LogP contribution < -0.4 is 0 Å². The number of aromatic nitrogens is 1. The molecule has 2 unspecified atom stereocenters. The molecule has 3 nitrogen and oxygen atoms in total. The highest BCUT2D eigenvalue weighted by Crippen LogP contribution is 2.30. The van der Waals surface area contributed by atoms with Gasteiger partial charge in [0.15, 0.2) is 5.76 Å². The van der Waals surface area contributed by atoms with Crippen molar-refractivity contribution in [3.8, 4) is 0 Å². The fourth-order valence-corrected chi connectivity index (χ4v) is 1.70. The molecule has 1 aromatic heterocycles. The van der Waals surface area contributed by atoms with Gasteiger partial charge in [0, 0.05) is 6.61 Å². The molecule has 2 heterocycles. The van der Waals surface area contributed by atoms with Crippen molar-refractivity contribution in [2.75, 3.05) is 6.61 Å². The van der Waals surface area contributed by atoms with Gasteiger partial charge in [-0.3, -0.25) is 0 Å². The van der Waals surface area contributed by atoms with E-state index in [4.69, 9.17) is 20.8 Å². The fourth-order valence-electron chi connectivity index (χ4n) is 1.60. The summed E-state index contributed by atoms with van der Waals surface area (Å²) >= 11 is 5.86. The van der Waals surface area contributed by atoms with E-state index >= 15 is 0 Å². The first-order valence-corrected chi connectivity index (χ1v) is 5.42. The number of hydrogen-bond donors (Lipinski definition) is 0. The first-order valence-electron chi connectivity index (χ1n) is 4.98. The molecule has 2 atom stereocenters. The first kappa shape index (κ1) is 9.99. The minimum Gasteiger partial charge on any atom is -0.441 e. The van der Waals surface area contributed by atoms with Crippen molar-refractivity contribution in [1.29, 1.82) is 0 Å². The molecule has 0 aliphatic carbocycles. The van der Waals surface area contributed by atoms with E-state index in [-0.39, 0.29) is 11.5 Å². The molecule has 0 N–H and O–H groups in total. The Bertz CT molecular complexity index is 292. The Morgan fingerprint density at radius 1 is 1.57 bits per heavy atom. The number of alkyl halides is 1. The zero-order valence-corrected chi connectivity index (χ0v) is 8.96. The highest BCUT2D eigenvalue weighted by molar-refractivity contribution is 6.20. The maximum Gasteiger partial charge on any atom is 0.212 e. The van der Waals surface area contributed by atoms with Crippen molar-refractivity contribution < 1.29 is 9.15 Å². The average Bonchev–Trinajstić information content (AvgIpc) is 2.68. The van der Waals surface area contributed by atoms with Crippen LogP contribution in [0.1, 0.15) is 49.3 Å². The van der Waals surface area contributed by atoms with Gasteiger partial charge >= 0.3 is 0 Å². The highest BCUT2D eigenvalue weighted by Gasteiger charge is 2.21. The molecule has 0 radical (unpaired) electrons. The van der Waals surface area contributed by atoms with Crippen molar-refractivity contribution in [2.45, 2.75) is 37.7 Å². The summed E-state index contributed by atoms with van der Waals surface area (Å²) in [6.45, 7) is 2.66. The molecule has 1 saturated heterocycles. The van der Waals surface area contributed by atoms with Crippen molar-refractivity contribution in [3.63, 3.8) is 0 Å². The zero-order chi connectivity index (χ0) is 9.97. The van der Waals surface area contributed by atoms with E-state index in [2.05, 4.69) is 4.98 Å². The molecule has 0 bridgehead atoms. The van der Waals surface area contributed by atoms with Crippen LogP contribution in [-0.2, 0) is 4.74 Å². The van der Waals surface area contributed by atoms with Crippen LogP contribution in [0.25, 0.3) is 0 Å². The smallest absolute Gasteiger partial charge is 0.212 e. The summed E-state index contributed by atoms with van der Waals surface area (Å²) in [6, 6.07) is 0. The Balaban J connectivity index is 2.07. The number of nitrogens with zero attached hydrogens (tertiary/aromatic N) is 1. The lowest BCUT2D eigenvalue weighted by atomic mass is 10.1. The highest BCUT2D eigenvalue weighted by atomic mass is 35.5. The topological polar surface area (TPSA) is 35.3 Å². The summed E-state index contributed by atoms with van der Waals surface area (Å²) in [5, 5.41) is -0.174. The van der Waals surface area contributed by atoms with Crippen molar-refractivity contribution >= 4 is 11.6 Å². The van der Waals surface area contributed by atoms with E-state index in [0.717, 1.165) is 25.2 Å². The molecular formula is C10H14ClNO2. The van der Waals surface area contributed by atoms with Crippen molar-refractivity contribution in [1.82, 2.24) is 4.98 Å². The average molecular weight is 216 g/mol. The second-order valence-electron chi connectivity index (χ2n) is 3.57. The summed E-state index contributed by atoms with van der Waals surface area (Å²) in [5.74, 6) is 1.39. The lowest BCUT2D eigenvalue weighted by Gasteiger charge is -2.19. The third kappa shape index (κ3) is 2.10. The summed E-state index contributed by atoms with van der Waals surface area (Å²) < 4.78 is 11.1. The van der Waals surface area contributed by atoms with Gasteiger partial charge in [-0.15, -0.1) is 11.6 Å². The van der Waals surface area contributed by atoms with Gasteiger partial charge in [-0.1, -0.05) is 0 Å². The van der Waals surface area contributed by atoms with Gasteiger partial charge in [-0.25, -0.2) is 4.98 Å². The molecule has 0 aromatic carbocycles. The van der Waals surface area contributed by atoms with Crippen LogP contribution in [0.5, 0.6) is 0 Å². The molecule has 4 heteroatoms. The van der Waals surface area contributed by atoms with Gasteiger partial charge in [-0.05, 0) is 26.2 Å². The Morgan fingerprint density at radius 3 is 3.00 bits per heavy atom. The summed E-state index contributed by atoms with van der Waals surface area (Å²) in [6.07, 6.45) is 5.16. The lowest BCUT2D eigenvalue weighted by molar-refractivity contribution is 0.00128. The molecule has 1 fully saturated rings. The van der Waals surface area contributed by atoms with Crippen LogP contribution in [-0.4, -0.2) is 11.6 Å². The molecule has 78 valence electrons. The van der Waals surface area contributed by atoms with Crippen LogP contribution in [0.2, 0.25) is 0 Å². The number of oxazole rings is 1. The summed E-state index contributed by atoms with van der Waals surface area (Å²) in [7, 11) is 0. The molecule has 1 aromatic rings. The van der Waals surface area contributed by atoms with E-state index in [0.29, 0.717) is 5.89 Å². The maximum atomic E-state index is 5.86. The van der Waals surface area contributed by atoms with Crippen LogP contribution in [0.4, 0.5) is 0 Å². The second kappa shape index (κ2) is 4.32. The molecule has 0 spiro atoms. The predicted octanol–water partition coefficient (Wildman–Crippen LogP) is 3.22. The van der Waals surface area contributed by atoms with Crippen molar-refractivity contribution in [3.05, 3.63) is 17.8 Å². The molecule has 14 heavy (non-hydrogen) atoms. The normalized spacial score (nSPS) is 24.9. The lowest BCUT2D eigenvalue weighted by Crippen LogP contribution is -2.10. The largest absolute Gasteiger partial charge is 0.441 e. The van der Waals surface area contributed by atoms with Crippen LogP contribution >= 0.6 is 11.6 Å². The molecule has 1 aliphatic heterocycles. The van der Waals surface area contributed by atoms with Gasteiger partial charge in [0.2, 0.25) is 5.89 Å². The fraction of sp³-hybridized carbons (Fsp3) is 0.700. The summed E-state index contributed by atoms with van der Waals surface area (Å²) in [4.78, 5) is 4.11. The monoisotopic (exact) mass is 215 g/mol. The quantitative estimate of drug-likeness (QED) is 0.711. The van der Waals surface area contributed by atoms with E-state index in [9.17, 15) is 0 Å². The predicted molar refractivity (Wildman–Crippen MR) is 53.3 cm³/mol.